The largest absolute Gasteiger partial charge is 0.299 e. The Morgan fingerprint density at radius 3 is 2.63 bits per heavy atom. The van der Waals surface area contributed by atoms with Gasteiger partial charge in [0.1, 0.15) is 5.78 Å². The van der Waals surface area contributed by atoms with Crippen LogP contribution in [0.15, 0.2) is 0 Å². The van der Waals surface area contributed by atoms with E-state index in [-0.39, 0.29) is 17.7 Å². The molecule has 0 amide bonds. The first-order chi connectivity index (χ1) is 8.96. The lowest BCUT2D eigenvalue weighted by Gasteiger charge is -2.38. The van der Waals surface area contributed by atoms with Gasteiger partial charge in [-0.15, -0.1) is 0 Å². The second-order valence-electron chi connectivity index (χ2n) is 5.64. The monoisotopic (exact) mass is 288 g/mol. The molecule has 6 heteroatoms. The summed E-state index contributed by atoms with van der Waals surface area (Å²) in [6.07, 6.45) is 4.06. The van der Waals surface area contributed by atoms with Crippen LogP contribution in [0.25, 0.3) is 0 Å². The molecule has 2 saturated heterocycles. The van der Waals surface area contributed by atoms with Crippen LogP contribution in [-0.2, 0) is 15.0 Å². The van der Waals surface area contributed by atoms with Gasteiger partial charge in [-0.2, -0.15) is 17.0 Å². The van der Waals surface area contributed by atoms with Crippen LogP contribution >= 0.6 is 0 Å². The topological polar surface area (TPSA) is 57.7 Å². The van der Waals surface area contributed by atoms with Gasteiger partial charge in [0.05, 0.1) is 0 Å². The van der Waals surface area contributed by atoms with Crippen LogP contribution in [0.5, 0.6) is 0 Å². The van der Waals surface area contributed by atoms with Crippen molar-refractivity contribution in [3.05, 3.63) is 0 Å². The zero-order chi connectivity index (χ0) is 14.0. The molecule has 19 heavy (non-hydrogen) atoms. The molecule has 5 nitrogen and oxygen atoms in total. The van der Waals surface area contributed by atoms with Crippen molar-refractivity contribution in [1.29, 1.82) is 0 Å². The number of Topliss-reactive ketones (excluding diaryl/α,β-unsaturated/α-hetero) is 1. The van der Waals surface area contributed by atoms with Crippen LogP contribution < -0.4 is 0 Å². The van der Waals surface area contributed by atoms with E-state index in [1.54, 1.807) is 4.31 Å². The Balaban J connectivity index is 2.13. The lowest BCUT2D eigenvalue weighted by molar-refractivity contribution is -0.125. The summed E-state index contributed by atoms with van der Waals surface area (Å²) in [5, 5.41) is 0. The molecular formula is C13H24N2O3S. The molecule has 2 fully saturated rings. The van der Waals surface area contributed by atoms with Gasteiger partial charge in [-0.3, -0.25) is 4.79 Å². The zero-order valence-corrected chi connectivity index (χ0v) is 12.7. The van der Waals surface area contributed by atoms with E-state index in [0.29, 0.717) is 26.1 Å². The average molecular weight is 288 g/mol. The van der Waals surface area contributed by atoms with Crippen molar-refractivity contribution >= 4 is 16.0 Å². The van der Waals surface area contributed by atoms with Crippen LogP contribution in [0.1, 0.15) is 46.0 Å². The van der Waals surface area contributed by atoms with E-state index >= 15 is 0 Å². The number of hydrogen-bond acceptors (Lipinski definition) is 3. The maximum Gasteiger partial charge on any atom is 0.282 e. The predicted octanol–water partition coefficient (Wildman–Crippen LogP) is 1.41. The summed E-state index contributed by atoms with van der Waals surface area (Å²) in [4.78, 5) is 11.7. The Morgan fingerprint density at radius 2 is 2.00 bits per heavy atom. The Kier molecular flexibility index (Phi) is 4.63. The molecule has 2 atom stereocenters. The van der Waals surface area contributed by atoms with Gasteiger partial charge in [0.2, 0.25) is 0 Å². The number of ketones is 1. The normalized spacial score (nSPS) is 31.6. The fourth-order valence-electron chi connectivity index (χ4n) is 3.01. The highest BCUT2D eigenvalue weighted by molar-refractivity contribution is 7.86. The standard InChI is InChI=1S/C13H24N2O3S/c1-3-12-10-14(9-7-13(12)16)19(17,18)15-8-5-4-6-11(15)2/h11-12H,3-10H2,1-2H3. The molecule has 0 aromatic rings. The fraction of sp³-hybridized carbons (Fsp3) is 0.923. The minimum atomic E-state index is -3.39. The zero-order valence-electron chi connectivity index (χ0n) is 11.8. The first-order valence-corrected chi connectivity index (χ1v) is 8.66. The fourth-order valence-corrected chi connectivity index (χ4v) is 4.91. The van der Waals surface area contributed by atoms with Gasteiger partial charge in [0, 0.05) is 38.0 Å². The molecular weight excluding hydrogens is 264 g/mol. The number of piperidine rings is 2. The maximum absolute atomic E-state index is 12.7. The van der Waals surface area contributed by atoms with Crippen molar-refractivity contribution in [2.24, 2.45) is 5.92 Å². The molecule has 0 aliphatic carbocycles. The van der Waals surface area contributed by atoms with Crippen LogP contribution in [0, 0.1) is 5.92 Å². The summed E-state index contributed by atoms with van der Waals surface area (Å²) < 4.78 is 28.5. The molecule has 0 radical (unpaired) electrons. The van der Waals surface area contributed by atoms with Crippen molar-refractivity contribution < 1.29 is 13.2 Å². The molecule has 2 unspecified atom stereocenters. The molecule has 0 bridgehead atoms. The highest BCUT2D eigenvalue weighted by Crippen LogP contribution is 2.26. The Labute approximate surface area is 116 Å². The molecule has 2 rings (SSSR count). The Bertz CT molecular complexity index is 435. The van der Waals surface area contributed by atoms with E-state index in [1.807, 2.05) is 13.8 Å². The lowest BCUT2D eigenvalue weighted by atomic mass is 9.96. The third kappa shape index (κ3) is 3.01. The summed E-state index contributed by atoms with van der Waals surface area (Å²) in [5.41, 5.74) is 0. The molecule has 2 aliphatic rings. The molecule has 0 aromatic carbocycles. The van der Waals surface area contributed by atoms with Gasteiger partial charge in [-0.1, -0.05) is 13.3 Å². The summed E-state index contributed by atoms with van der Waals surface area (Å²) in [5.74, 6) is 0.0873. The van der Waals surface area contributed by atoms with Gasteiger partial charge in [0.15, 0.2) is 0 Å². The Hall–Kier alpha value is -0.460. The minimum absolute atomic E-state index is 0.0801. The summed E-state index contributed by atoms with van der Waals surface area (Å²) in [7, 11) is -3.39. The van der Waals surface area contributed by atoms with Crippen LogP contribution in [0.3, 0.4) is 0 Å². The number of hydrogen-bond donors (Lipinski definition) is 0. The summed E-state index contributed by atoms with van der Waals surface area (Å²) in [6.45, 7) is 5.25. The molecule has 2 heterocycles. The summed E-state index contributed by atoms with van der Waals surface area (Å²) in [6, 6.07) is 0.0801. The second kappa shape index (κ2) is 5.89. The first kappa shape index (κ1) is 14.9. The molecule has 0 spiro atoms. The smallest absolute Gasteiger partial charge is 0.282 e. The van der Waals surface area contributed by atoms with Crippen molar-refractivity contribution in [2.45, 2.75) is 52.0 Å². The number of nitrogens with zero attached hydrogens (tertiary/aromatic N) is 2. The van der Waals surface area contributed by atoms with E-state index in [0.717, 1.165) is 25.7 Å². The number of carbonyl (C=O) groups is 1. The molecule has 0 saturated carbocycles. The lowest BCUT2D eigenvalue weighted by Crippen LogP contribution is -2.53. The minimum Gasteiger partial charge on any atom is -0.299 e. The first-order valence-electron chi connectivity index (χ1n) is 7.26. The highest BCUT2D eigenvalue weighted by atomic mass is 32.2. The molecule has 2 aliphatic heterocycles. The van der Waals surface area contributed by atoms with Gasteiger partial charge >= 0.3 is 0 Å². The van der Waals surface area contributed by atoms with Crippen molar-refractivity contribution in [1.82, 2.24) is 8.61 Å². The number of carbonyl (C=O) groups excluding carboxylic acids is 1. The summed E-state index contributed by atoms with van der Waals surface area (Å²) >= 11 is 0. The quantitative estimate of drug-likeness (QED) is 0.789. The van der Waals surface area contributed by atoms with Crippen LogP contribution in [0.4, 0.5) is 0 Å². The maximum atomic E-state index is 12.7. The molecule has 0 N–H and O–H groups in total. The Morgan fingerprint density at radius 1 is 1.26 bits per heavy atom. The van der Waals surface area contributed by atoms with Crippen LogP contribution in [0.2, 0.25) is 0 Å². The van der Waals surface area contributed by atoms with Gasteiger partial charge in [-0.25, -0.2) is 0 Å². The van der Waals surface area contributed by atoms with E-state index in [1.165, 1.54) is 4.31 Å². The van der Waals surface area contributed by atoms with Crippen molar-refractivity contribution in [2.75, 3.05) is 19.6 Å². The predicted molar refractivity (Wildman–Crippen MR) is 73.9 cm³/mol. The van der Waals surface area contributed by atoms with Gasteiger partial charge < -0.3 is 0 Å². The molecule has 0 aromatic heterocycles. The van der Waals surface area contributed by atoms with E-state index in [4.69, 9.17) is 0 Å². The van der Waals surface area contributed by atoms with Crippen molar-refractivity contribution in [3.63, 3.8) is 0 Å². The van der Waals surface area contributed by atoms with E-state index in [9.17, 15) is 13.2 Å². The van der Waals surface area contributed by atoms with E-state index < -0.39 is 10.2 Å². The van der Waals surface area contributed by atoms with Gasteiger partial charge in [0.25, 0.3) is 10.2 Å². The van der Waals surface area contributed by atoms with Crippen molar-refractivity contribution in [3.8, 4) is 0 Å². The second-order valence-corrected chi connectivity index (χ2v) is 7.52. The SMILES string of the molecule is CCC1CN(S(=O)(=O)N2CCCCC2C)CCC1=O. The number of rotatable bonds is 3. The average Bonchev–Trinajstić information content (AvgIpc) is 2.39. The third-order valence-electron chi connectivity index (χ3n) is 4.34. The third-order valence-corrected chi connectivity index (χ3v) is 6.46. The van der Waals surface area contributed by atoms with Gasteiger partial charge in [-0.05, 0) is 26.2 Å². The highest BCUT2D eigenvalue weighted by Gasteiger charge is 2.38. The van der Waals surface area contributed by atoms with Crippen LogP contribution in [-0.4, -0.2) is 48.5 Å². The molecule has 110 valence electrons. The van der Waals surface area contributed by atoms with E-state index in [2.05, 4.69) is 0 Å².